The van der Waals surface area contributed by atoms with Crippen LogP contribution in [0.2, 0.25) is 0 Å². The largest absolute Gasteiger partial charge is 0.451 e. The lowest BCUT2D eigenvalue weighted by Crippen LogP contribution is -2.19. The van der Waals surface area contributed by atoms with Gasteiger partial charge in [0.2, 0.25) is 0 Å². The van der Waals surface area contributed by atoms with Crippen molar-refractivity contribution in [3.8, 4) is 0 Å². The predicted octanol–water partition coefficient (Wildman–Crippen LogP) is 0.652. The minimum absolute atomic E-state index is 0.201. The summed E-state index contributed by atoms with van der Waals surface area (Å²) in [6.45, 7) is 4.85. The van der Waals surface area contributed by atoms with Crippen molar-refractivity contribution in [1.82, 2.24) is 0 Å². The molecule has 0 amide bonds. The highest BCUT2D eigenvalue weighted by molar-refractivity contribution is 5.88. The molecule has 0 aliphatic heterocycles. The van der Waals surface area contributed by atoms with E-state index in [4.69, 9.17) is 4.74 Å². The molecule has 4 nitrogen and oxygen atoms in total. The first-order valence-corrected chi connectivity index (χ1v) is 3.87. The molecule has 72 valence electrons. The summed E-state index contributed by atoms with van der Waals surface area (Å²) >= 11 is 0. The average molecular weight is 184 g/mol. The van der Waals surface area contributed by atoms with Crippen LogP contribution in [0.15, 0.2) is 12.2 Å². The van der Waals surface area contributed by atoms with Crippen LogP contribution < -0.4 is 0 Å². The molecule has 0 spiro atoms. The number of aldehydes is 2. The molecule has 0 aliphatic rings. The predicted molar refractivity (Wildman–Crippen MR) is 46.1 cm³/mol. The summed E-state index contributed by atoms with van der Waals surface area (Å²) in [5.41, 5.74) is 0.234. The second-order valence-corrected chi connectivity index (χ2v) is 2.60. The maximum Gasteiger partial charge on any atom is 0.333 e. The van der Waals surface area contributed by atoms with Crippen molar-refractivity contribution < 1.29 is 19.1 Å². The normalized spacial score (nSPS) is 11.5. The Hall–Kier alpha value is -1.45. The van der Waals surface area contributed by atoms with E-state index in [1.165, 1.54) is 6.92 Å². The van der Waals surface area contributed by atoms with Crippen LogP contribution in [-0.4, -0.2) is 24.6 Å². The van der Waals surface area contributed by atoms with Gasteiger partial charge in [0.05, 0.1) is 0 Å². The number of esters is 1. The van der Waals surface area contributed by atoms with Gasteiger partial charge in [-0.15, -0.1) is 0 Å². The van der Waals surface area contributed by atoms with Crippen LogP contribution in [0.4, 0.5) is 0 Å². The van der Waals surface area contributed by atoms with Crippen LogP contribution in [-0.2, 0) is 19.1 Å². The van der Waals surface area contributed by atoms with Crippen molar-refractivity contribution in [1.29, 1.82) is 0 Å². The zero-order valence-corrected chi connectivity index (χ0v) is 7.49. The van der Waals surface area contributed by atoms with Crippen LogP contribution in [0.3, 0.4) is 0 Å². The highest BCUT2D eigenvalue weighted by Crippen LogP contribution is 2.02. The van der Waals surface area contributed by atoms with Crippen LogP contribution in [0.1, 0.15) is 19.8 Å². The minimum Gasteiger partial charge on any atom is -0.451 e. The lowest BCUT2D eigenvalue weighted by molar-refractivity contribution is -0.148. The number of ether oxygens (including phenoxy) is 1. The van der Waals surface area contributed by atoms with E-state index in [1.54, 1.807) is 0 Å². The molecule has 0 radical (unpaired) electrons. The van der Waals surface area contributed by atoms with Gasteiger partial charge < -0.3 is 9.53 Å². The first-order chi connectivity index (χ1) is 6.11. The molecule has 0 aromatic carbocycles. The molecule has 0 heterocycles. The Kier molecular flexibility index (Phi) is 5.43. The Morgan fingerprint density at radius 3 is 2.54 bits per heavy atom. The maximum atomic E-state index is 10.9. The van der Waals surface area contributed by atoms with Crippen molar-refractivity contribution in [3.63, 3.8) is 0 Å². The first kappa shape index (κ1) is 11.6. The van der Waals surface area contributed by atoms with E-state index in [9.17, 15) is 14.4 Å². The number of rotatable bonds is 6. The number of hydrogen-bond donors (Lipinski definition) is 0. The molecule has 0 rings (SSSR count). The second-order valence-electron chi connectivity index (χ2n) is 2.60. The van der Waals surface area contributed by atoms with Crippen molar-refractivity contribution >= 4 is 18.5 Å². The van der Waals surface area contributed by atoms with Gasteiger partial charge in [0.1, 0.15) is 6.29 Å². The van der Waals surface area contributed by atoms with Crippen molar-refractivity contribution in [2.75, 3.05) is 0 Å². The molecule has 13 heavy (non-hydrogen) atoms. The van der Waals surface area contributed by atoms with E-state index in [2.05, 4.69) is 6.58 Å². The Morgan fingerprint density at radius 2 is 2.15 bits per heavy atom. The third-order valence-corrected chi connectivity index (χ3v) is 1.33. The summed E-state index contributed by atoms with van der Waals surface area (Å²) in [5.74, 6) is -0.608. The lowest BCUT2D eigenvalue weighted by atomic mass is 10.2. The second kappa shape index (κ2) is 6.11. The van der Waals surface area contributed by atoms with Crippen molar-refractivity contribution in [2.45, 2.75) is 25.9 Å². The minimum atomic E-state index is -0.839. The number of hydrogen-bond acceptors (Lipinski definition) is 4. The molecule has 0 bridgehead atoms. The smallest absolute Gasteiger partial charge is 0.333 e. The Bertz CT molecular complexity index is 220. The maximum absolute atomic E-state index is 10.9. The first-order valence-electron chi connectivity index (χ1n) is 3.87. The molecule has 0 aromatic heterocycles. The quantitative estimate of drug-likeness (QED) is 0.345. The van der Waals surface area contributed by atoms with E-state index in [0.29, 0.717) is 12.6 Å². The van der Waals surface area contributed by atoms with E-state index in [-0.39, 0.29) is 18.4 Å². The molecular formula is C9H12O4. The van der Waals surface area contributed by atoms with E-state index in [1.807, 2.05) is 0 Å². The Morgan fingerprint density at radius 1 is 1.54 bits per heavy atom. The SMILES string of the molecule is C=C(C)C(=O)OC(C=O)CCC=O. The molecule has 4 heteroatoms. The molecule has 0 saturated carbocycles. The summed E-state index contributed by atoms with van der Waals surface area (Å²) < 4.78 is 4.70. The summed E-state index contributed by atoms with van der Waals surface area (Å²) in [5, 5.41) is 0. The van der Waals surface area contributed by atoms with E-state index in [0.717, 1.165) is 0 Å². The highest BCUT2D eigenvalue weighted by Gasteiger charge is 2.12. The Labute approximate surface area is 76.6 Å². The molecule has 1 unspecified atom stereocenters. The van der Waals surface area contributed by atoms with Gasteiger partial charge in [-0.2, -0.15) is 0 Å². The molecular weight excluding hydrogens is 172 g/mol. The van der Waals surface area contributed by atoms with Crippen LogP contribution in [0.5, 0.6) is 0 Å². The van der Waals surface area contributed by atoms with Crippen molar-refractivity contribution in [3.05, 3.63) is 12.2 Å². The average Bonchev–Trinajstić information content (AvgIpc) is 2.11. The fourth-order valence-electron chi connectivity index (χ4n) is 0.625. The zero-order valence-electron chi connectivity index (χ0n) is 7.49. The summed E-state index contributed by atoms with van der Waals surface area (Å²) in [4.78, 5) is 31.2. The number of carbonyl (C=O) groups excluding carboxylic acids is 3. The summed E-state index contributed by atoms with van der Waals surface area (Å²) in [6.07, 6.45) is 0.767. The summed E-state index contributed by atoms with van der Waals surface area (Å²) in [6, 6.07) is 0. The van der Waals surface area contributed by atoms with Crippen LogP contribution >= 0.6 is 0 Å². The topological polar surface area (TPSA) is 60.4 Å². The molecule has 0 aromatic rings. The fourth-order valence-corrected chi connectivity index (χ4v) is 0.625. The van der Waals surface area contributed by atoms with Crippen molar-refractivity contribution in [2.24, 2.45) is 0 Å². The van der Waals surface area contributed by atoms with Crippen LogP contribution in [0, 0.1) is 0 Å². The lowest BCUT2D eigenvalue weighted by Gasteiger charge is -2.09. The highest BCUT2D eigenvalue weighted by atomic mass is 16.5. The van der Waals surface area contributed by atoms with Crippen LogP contribution in [0.25, 0.3) is 0 Å². The fraction of sp³-hybridized carbons (Fsp3) is 0.444. The zero-order chi connectivity index (χ0) is 10.3. The van der Waals surface area contributed by atoms with Gasteiger partial charge in [0, 0.05) is 12.0 Å². The van der Waals surface area contributed by atoms with Gasteiger partial charge in [0.15, 0.2) is 12.4 Å². The van der Waals surface area contributed by atoms with Gasteiger partial charge in [-0.05, 0) is 13.3 Å². The van der Waals surface area contributed by atoms with Gasteiger partial charge in [0.25, 0.3) is 0 Å². The third kappa shape index (κ3) is 4.90. The monoisotopic (exact) mass is 184 g/mol. The Balaban J connectivity index is 3.96. The van der Waals surface area contributed by atoms with Gasteiger partial charge in [-0.1, -0.05) is 6.58 Å². The van der Waals surface area contributed by atoms with E-state index < -0.39 is 12.1 Å². The van der Waals surface area contributed by atoms with Gasteiger partial charge in [-0.3, -0.25) is 4.79 Å². The standard InChI is InChI=1S/C9H12O4/c1-7(2)9(12)13-8(6-11)4-3-5-10/h5-6,8H,1,3-4H2,2H3. The van der Waals surface area contributed by atoms with Gasteiger partial charge in [-0.25, -0.2) is 4.79 Å². The van der Waals surface area contributed by atoms with E-state index >= 15 is 0 Å². The molecule has 0 saturated heterocycles. The van der Waals surface area contributed by atoms with Gasteiger partial charge >= 0.3 is 5.97 Å². The molecule has 0 aliphatic carbocycles. The molecule has 1 atom stereocenters. The third-order valence-electron chi connectivity index (χ3n) is 1.33. The molecule has 0 fully saturated rings. The summed E-state index contributed by atoms with van der Waals surface area (Å²) in [7, 11) is 0. The molecule has 0 N–H and O–H groups in total. The number of carbonyl (C=O) groups is 3.